The van der Waals surface area contributed by atoms with Crippen molar-refractivity contribution in [2.24, 2.45) is 0 Å². The SMILES string of the molecule is CCCCc1ccc(OCCNc2ncnc3c2CCC3)c(C)c1. The highest BCUT2D eigenvalue weighted by Gasteiger charge is 2.16. The number of aryl methyl sites for hydroxylation is 3. The predicted molar refractivity (Wildman–Crippen MR) is 97.8 cm³/mol. The van der Waals surface area contributed by atoms with Crippen LogP contribution in [0.4, 0.5) is 5.82 Å². The van der Waals surface area contributed by atoms with E-state index in [0.29, 0.717) is 6.61 Å². The number of benzene rings is 1. The van der Waals surface area contributed by atoms with E-state index < -0.39 is 0 Å². The van der Waals surface area contributed by atoms with Crippen molar-refractivity contribution in [2.45, 2.75) is 52.4 Å². The fourth-order valence-electron chi connectivity index (χ4n) is 3.25. The minimum absolute atomic E-state index is 0.633. The smallest absolute Gasteiger partial charge is 0.132 e. The zero-order valence-corrected chi connectivity index (χ0v) is 14.8. The minimum Gasteiger partial charge on any atom is -0.491 e. The highest BCUT2D eigenvalue weighted by molar-refractivity contribution is 5.47. The summed E-state index contributed by atoms with van der Waals surface area (Å²) in [6, 6.07) is 6.53. The lowest BCUT2D eigenvalue weighted by Gasteiger charge is -2.13. The summed E-state index contributed by atoms with van der Waals surface area (Å²) in [6.45, 7) is 5.73. The van der Waals surface area contributed by atoms with E-state index in [-0.39, 0.29) is 0 Å². The summed E-state index contributed by atoms with van der Waals surface area (Å²) in [5.41, 5.74) is 5.10. The second-order valence-electron chi connectivity index (χ2n) is 6.48. The van der Waals surface area contributed by atoms with Gasteiger partial charge in [-0.1, -0.05) is 25.5 Å². The summed E-state index contributed by atoms with van der Waals surface area (Å²) in [6.07, 6.45) is 8.63. The lowest BCUT2D eigenvalue weighted by Crippen LogP contribution is -2.14. The first-order valence-corrected chi connectivity index (χ1v) is 9.07. The van der Waals surface area contributed by atoms with E-state index in [1.165, 1.54) is 41.6 Å². The number of anilines is 1. The van der Waals surface area contributed by atoms with Crippen molar-refractivity contribution in [2.75, 3.05) is 18.5 Å². The Kier molecular flexibility index (Phi) is 5.68. The van der Waals surface area contributed by atoms with Crippen molar-refractivity contribution in [1.29, 1.82) is 0 Å². The molecule has 3 rings (SSSR count). The van der Waals surface area contributed by atoms with E-state index in [1.54, 1.807) is 6.33 Å². The van der Waals surface area contributed by atoms with Gasteiger partial charge in [0, 0.05) is 11.3 Å². The molecule has 1 heterocycles. The van der Waals surface area contributed by atoms with Crippen LogP contribution in [0.2, 0.25) is 0 Å². The van der Waals surface area contributed by atoms with Gasteiger partial charge in [-0.15, -0.1) is 0 Å². The Labute approximate surface area is 144 Å². The lowest BCUT2D eigenvalue weighted by molar-refractivity contribution is 0.330. The molecule has 0 spiro atoms. The molecular weight excluding hydrogens is 298 g/mol. The van der Waals surface area contributed by atoms with Crippen molar-refractivity contribution < 1.29 is 4.74 Å². The Morgan fingerprint density at radius 3 is 2.96 bits per heavy atom. The molecular formula is C20H27N3O. The largest absolute Gasteiger partial charge is 0.491 e. The molecule has 24 heavy (non-hydrogen) atoms. The van der Waals surface area contributed by atoms with Gasteiger partial charge in [0.1, 0.15) is 24.5 Å². The van der Waals surface area contributed by atoms with E-state index in [2.05, 4.69) is 47.3 Å². The molecule has 1 aliphatic carbocycles. The highest BCUT2D eigenvalue weighted by Crippen LogP contribution is 2.25. The topological polar surface area (TPSA) is 47.0 Å². The quantitative estimate of drug-likeness (QED) is 0.742. The molecule has 0 bridgehead atoms. The third-order valence-electron chi connectivity index (χ3n) is 4.59. The second kappa shape index (κ2) is 8.13. The van der Waals surface area contributed by atoms with Crippen molar-refractivity contribution in [1.82, 2.24) is 9.97 Å². The fraction of sp³-hybridized carbons (Fsp3) is 0.500. The molecule has 0 saturated carbocycles. The van der Waals surface area contributed by atoms with Crippen LogP contribution in [-0.2, 0) is 19.3 Å². The standard InChI is InChI=1S/C20H27N3O/c1-3-4-6-16-9-10-19(15(2)13-16)24-12-11-21-20-17-7-5-8-18(17)22-14-23-20/h9-10,13-14H,3-8,11-12H2,1-2H3,(H,21,22,23). The monoisotopic (exact) mass is 325 g/mol. The summed E-state index contributed by atoms with van der Waals surface area (Å²) < 4.78 is 5.93. The van der Waals surface area contributed by atoms with Gasteiger partial charge in [-0.05, 0) is 56.2 Å². The number of hydrogen-bond acceptors (Lipinski definition) is 4. The number of nitrogens with zero attached hydrogens (tertiary/aromatic N) is 2. The van der Waals surface area contributed by atoms with Crippen LogP contribution >= 0.6 is 0 Å². The summed E-state index contributed by atoms with van der Waals surface area (Å²) in [5.74, 6) is 1.96. The maximum Gasteiger partial charge on any atom is 0.132 e. The Bertz CT molecular complexity index is 685. The minimum atomic E-state index is 0.633. The van der Waals surface area contributed by atoms with E-state index in [9.17, 15) is 0 Å². The summed E-state index contributed by atoms with van der Waals surface area (Å²) >= 11 is 0. The molecule has 2 aromatic rings. The second-order valence-corrected chi connectivity index (χ2v) is 6.48. The molecule has 128 valence electrons. The summed E-state index contributed by atoms with van der Waals surface area (Å²) in [4.78, 5) is 8.73. The third-order valence-corrected chi connectivity index (χ3v) is 4.59. The zero-order valence-electron chi connectivity index (χ0n) is 14.8. The van der Waals surface area contributed by atoms with Crippen LogP contribution in [0.15, 0.2) is 24.5 Å². The molecule has 1 N–H and O–H groups in total. The molecule has 0 aliphatic heterocycles. The van der Waals surface area contributed by atoms with E-state index in [1.807, 2.05) is 0 Å². The molecule has 1 aromatic carbocycles. The molecule has 4 nitrogen and oxygen atoms in total. The van der Waals surface area contributed by atoms with Crippen LogP contribution in [0, 0.1) is 6.92 Å². The molecule has 0 fully saturated rings. The number of ether oxygens (including phenoxy) is 1. The normalized spacial score (nSPS) is 12.9. The van der Waals surface area contributed by atoms with Crippen molar-refractivity contribution in [3.63, 3.8) is 0 Å². The van der Waals surface area contributed by atoms with Gasteiger partial charge in [-0.3, -0.25) is 0 Å². The molecule has 4 heteroatoms. The maximum atomic E-state index is 5.93. The first-order chi connectivity index (χ1) is 11.8. The van der Waals surface area contributed by atoms with Gasteiger partial charge in [-0.2, -0.15) is 0 Å². The van der Waals surface area contributed by atoms with Crippen LogP contribution < -0.4 is 10.1 Å². The van der Waals surface area contributed by atoms with Gasteiger partial charge in [0.25, 0.3) is 0 Å². The number of unbranched alkanes of at least 4 members (excludes halogenated alkanes) is 1. The van der Waals surface area contributed by atoms with Gasteiger partial charge < -0.3 is 10.1 Å². The van der Waals surface area contributed by atoms with Crippen LogP contribution in [-0.4, -0.2) is 23.1 Å². The lowest BCUT2D eigenvalue weighted by atomic mass is 10.1. The number of aromatic nitrogens is 2. The van der Waals surface area contributed by atoms with Crippen LogP contribution in [0.5, 0.6) is 5.75 Å². The average Bonchev–Trinajstić information content (AvgIpc) is 3.07. The highest BCUT2D eigenvalue weighted by atomic mass is 16.5. The molecule has 0 amide bonds. The van der Waals surface area contributed by atoms with Crippen molar-refractivity contribution in [3.05, 3.63) is 46.9 Å². The molecule has 1 aromatic heterocycles. The fourth-order valence-corrected chi connectivity index (χ4v) is 3.25. The Balaban J connectivity index is 1.49. The van der Waals surface area contributed by atoms with Gasteiger partial charge in [0.2, 0.25) is 0 Å². The van der Waals surface area contributed by atoms with Gasteiger partial charge in [-0.25, -0.2) is 9.97 Å². The first kappa shape index (κ1) is 16.7. The molecule has 1 aliphatic rings. The van der Waals surface area contributed by atoms with E-state index in [4.69, 9.17) is 4.74 Å². The molecule has 0 saturated heterocycles. The maximum absolute atomic E-state index is 5.93. The van der Waals surface area contributed by atoms with Crippen molar-refractivity contribution >= 4 is 5.82 Å². The third kappa shape index (κ3) is 4.05. The Hall–Kier alpha value is -2.10. The number of nitrogens with one attached hydrogen (secondary N) is 1. The Morgan fingerprint density at radius 2 is 2.12 bits per heavy atom. The number of hydrogen-bond donors (Lipinski definition) is 1. The van der Waals surface area contributed by atoms with Crippen molar-refractivity contribution in [3.8, 4) is 5.75 Å². The van der Waals surface area contributed by atoms with Crippen LogP contribution in [0.25, 0.3) is 0 Å². The average molecular weight is 325 g/mol. The first-order valence-electron chi connectivity index (χ1n) is 9.07. The molecule has 0 unspecified atom stereocenters. The van der Waals surface area contributed by atoms with E-state index in [0.717, 1.165) is 37.4 Å². The number of fused-ring (bicyclic) bond motifs is 1. The van der Waals surface area contributed by atoms with Gasteiger partial charge in [0.15, 0.2) is 0 Å². The van der Waals surface area contributed by atoms with E-state index >= 15 is 0 Å². The Morgan fingerprint density at radius 1 is 1.21 bits per heavy atom. The van der Waals surface area contributed by atoms with Crippen LogP contribution in [0.3, 0.4) is 0 Å². The summed E-state index contributed by atoms with van der Waals surface area (Å²) in [5, 5.41) is 3.40. The van der Waals surface area contributed by atoms with Gasteiger partial charge in [0.05, 0.1) is 6.54 Å². The molecule has 0 atom stereocenters. The zero-order chi connectivity index (χ0) is 16.8. The number of rotatable bonds is 8. The predicted octanol–water partition coefficient (Wildman–Crippen LogP) is 4.11. The molecule has 0 radical (unpaired) electrons. The van der Waals surface area contributed by atoms with Crippen LogP contribution in [0.1, 0.15) is 48.6 Å². The summed E-state index contributed by atoms with van der Waals surface area (Å²) in [7, 11) is 0. The van der Waals surface area contributed by atoms with Gasteiger partial charge >= 0.3 is 0 Å².